The molecule has 0 radical (unpaired) electrons. The lowest BCUT2D eigenvalue weighted by molar-refractivity contribution is 0.120. The Morgan fingerprint density at radius 2 is 1.84 bits per heavy atom. The molecule has 1 aliphatic rings. The second-order valence-electron chi connectivity index (χ2n) is 7.96. The molecule has 2 N–H and O–H groups in total. The smallest absolute Gasteiger partial charge is 0.318 e. The highest BCUT2D eigenvalue weighted by Crippen LogP contribution is 2.36. The molecule has 2 aromatic rings. The van der Waals surface area contributed by atoms with Gasteiger partial charge >= 0.3 is 6.03 Å². The Balaban J connectivity index is 1.78. The molecule has 0 saturated carbocycles. The van der Waals surface area contributed by atoms with Gasteiger partial charge in [0.2, 0.25) is 10.0 Å². The van der Waals surface area contributed by atoms with E-state index in [1.54, 1.807) is 17.0 Å². The maximum atomic E-state index is 13.5. The zero-order chi connectivity index (χ0) is 22.6. The molecule has 1 heterocycles. The zero-order valence-corrected chi connectivity index (χ0v) is 20.0. The lowest BCUT2D eigenvalue weighted by atomic mass is 9.80. The second kappa shape index (κ2) is 9.67. The molecule has 0 spiro atoms. The number of nitrogens with one attached hydrogen (secondary N) is 2. The van der Waals surface area contributed by atoms with Gasteiger partial charge in [0, 0.05) is 17.6 Å². The van der Waals surface area contributed by atoms with E-state index < -0.39 is 15.6 Å². The predicted molar refractivity (Wildman–Crippen MR) is 123 cm³/mol. The van der Waals surface area contributed by atoms with Gasteiger partial charge in [0.25, 0.3) is 0 Å². The van der Waals surface area contributed by atoms with Crippen LogP contribution in [0.1, 0.15) is 43.4 Å². The van der Waals surface area contributed by atoms with Crippen molar-refractivity contribution in [1.82, 2.24) is 14.9 Å². The van der Waals surface area contributed by atoms with Gasteiger partial charge in [0.1, 0.15) is 5.82 Å². The molecule has 2 amide bonds. The molecule has 1 unspecified atom stereocenters. The van der Waals surface area contributed by atoms with Gasteiger partial charge < -0.3 is 10.2 Å². The molecular formula is C22H27BrFN3O3S. The van der Waals surface area contributed by atoms with Crippen LogP contribution in [0.4, 0.5) is 9.18 Å². The molecule has 0 bridgehead atoms. The Hall–Kier alpha value is -1.97. The van der Waals surface area contributed by atoms with Crippen molar-refractivity contribution >= 4 is 32.0 Å². The highest BCUT2D eigenvalue weighted by atomic mass is 79.9. The van der Waals surface area contributed by atoms with Gasteiger partial charge in [-0.2, -0.15) is 0 Å². The van der Waals surface area contributed by atoms with Crippen molar-refractivity contribution < 1.29 is 17.6 Å². The molecular weight excluding hydrogens is 485 g/mol. The first-order chi connectivity index (χ1) is 14.6. The van der Waals surface area contributed by atoms with E-state index in [-0.39, 0.29) is 24.4 Å². The standard InChI is InChI=1S/C22H27BrFN3O3S/c1-16(17-4-8-19(23)9-5-17)27-15-13-22(26-21(27)28,12-3-14-25-31(2,29)30)18-6-10-20(24)11-7-18/h4-11,16,25H,3,12-15H2,1-2H3,(H,26,28)/t16-,22?/m0/s1. The third-order valence-corrected chi connectivity index (χ3v) is 7.01. The maximum Gasteiger partial charge on any atom is 0.318 e. The number of nitrogens with zero attached hydrogens (tertiary/aromatic N) is 1. The molecule has 3 rings (SSSR count). The number of urea groups is 1. The first-order valence-corrected chi connectivity index (χ1v) is 12.8. The van der Waals surface area contributed by atoms with E-state index in [1.165, 1.54) is 12.1 Å². The normalized spacial score (nSPS) is 20.4. The summed E-state index contributed by atoms with van der Waals surface area (Å²) in [7, 11) is -3.28. The zero-order valence-electron chi connectivity index (χ0n) is 17.6. The lowest BCUT2D eigenvalue weighted by Gasteiger charge is -2.45. The number of carbonyl (C=O) groups excluding carboxylic acids is 1. The Morgan fingerprint density at radius 3 is 2.42 bits per heavy atom. The van der Waals surface area contributed by atoms with Crippen molar-refractivity contribution in [3.05, 3.63) is 69.9 Å². The van der Waals surface area contributed by atoms with Crippen molar-refractivity contribution in [3.8, 4) is 0 Å². The van der Waals surface area contributed by atoms with E-state index in [9.17, 15) is 17.6 Å². The van der Waals surface area contributed by atoms with Gasteiger partial charge in [-0.15, -0.1) is 0 Å². The maximum absolute atomic E-state index is 13.5. The molecule has 2 aromatic carbocycles. The number of sulfonamides is 1. The number of amides is 2. The average Bonchev–Trinajstić information content (AvgIpc) is 2.71. The number of halogens is 2. The van der Waals surface area contributed by atoms with Gasteiger partial charge in [-0.3, -0.25) is 0 Å². The Kier molecular flexibility index (Phi) is 7.39. The number of hydrogen-bond donors (Lipinski definition) is 2. The summed E-state index contributed by atoms with van der Waals surface area (Å²) in [6.45, 7) is 2.79. The summed E-state index contributed by atoms with van der Waals surface area (Å²) in [5.41, 5.74) is 1.17. The van der Waals surface area contributed by atoms with Crippen LogP contribution < -0.4 is 10.0 Å². The first-order valence-electron chi connectivity index (χ1n) is 10.1. The average molecular weight is 512 g/mol. The number of carbonyl (C=O) groups is 1. The molecule has 1 fully saturated rings. The van der Waals surface area contributed by atoms with E-state index >= 15 is 0 Å². The topological polar surface area (TPSA) is 78.5 Å². The third-order valence-electron chi connectivity index (χ3n) is 5.75. The quantitative estimate of drug-likeness (QED) is 0.518. The Morgan fingerprint density at radius 1 is 1.19 bits per heavy atom. The van der Waals surface area contributed by atoms with Gasteiger partial charge in [-0.05, 0) is 61.6 Å². The van der Waals surface area contributed by atoms with Gasteiger partial charge in [-0.25, -0.2) is 22.3 Å². The minimum Gasteiger partial charge on any atom is -0.328 e. The number of hydrogen-bond acceptors (Lipinski definition) is 3. The van der Waals surface area contributed by atoms with Crippen molar-refractivity contribution in [1.29, 1.82) is 0 Å². The molecule has 168 valence electrons. The summed E-state index contributed by atoms with van der Waals surface area (Å²) in [6, 6.07) is 13.7. The van der Waals surface area contributed by atoms with Crippen LogP contribution in [0.15, 0.2) is 53.0 Å². The summed E-state index contributed by atoms with van der Waals surface area (Å²) in [4.78, 5) is 14.9. The molecule has 2 atom stereocenters. The summed E-state index contributed by atoms with van der Waals surface area (Å²) in [5, 5.41) is 3.15. The molecule has 9 heteroatoms. The molecule has 0 aromatic heterocycles. The van der Waals surface area contributed by atoms with Crippen LogP contribution in [0.2, 0.25) is 0 Å². The summed E-state index contributed by atoms with van der Waals surface area (Å²) >= 11 is 3.43. The second-order valence-corrected chi connectivity index (χ2v) is 10.7. The van der Waals surface area contributed by atoms with Crippen LogP contribution >= 0.6 is 15.9 Å². The van der Waals surface area contributed by atoms with Crippen LogP contribution in [0.25, 0.3) is 0 Å². The molecule has 1 aliphatic heterocycles. The van der Waals surface area contributed by atoms with E-state index in [0.29, 0.717) is 25.8 Å². The van der Waals surface area contributed by atoms with Crippen LogP contribution in [0.5, 0.6) is 0 Å². The monoisotopic (exact) mass is 511 g/mol. The predicted octanol–water partition coefficient (Wildman–Crippen LogP) is 4.29. The van der Waals surface area contributed by atoms with Crippen molar-refractivity contribution in [2.75, 3.05) is 19.3 Å². The number of benzene rings is 2. The van der Waals surface area contributed by atoms with E-state index in [0.717, 1.165) is 21.9 Å². The number of rotatable bonds is 8. The SMILES string of the molecule is C[C@@H](c1ccc(Br)cc1)N1CCC(CCCNS(C)(=O)=O)(c2ccc(F)cc2)NC1=O. The van der Waals surface area contributed by atoms with Gasteiger partial charge in [0.15, 0.2) is 0 Å². The fourth-order valence-electron chi connectivity index (χ4n) is 4.01. The Bertz CT molecular complexity index is 1020. The minimum absolute atomic E-state index is 0.105. The van der Waals surface area contributed by atoms with Crippen LogP contribution in [-0.2, 0) is 15.6 Å². The highest BCUT2D eigenvalue weighted by Gasteiger charge is 2.40. The van der Waals surface area contributed by atoms with Gasteiger partial charge in [0.05, 0.1) is 17.8 Å². The fraction of sp³-hybridized carbons (Fsp3) is 0.409. The summed E-state index contributed by atoms with van der Waals surface area (Å²) in [6.07, 6.45) is 2.82. The lowest BCUT2D eigenvalue weighted by Crippen LogP contribution is -2.58. The minimum atomic E-state index is -3.28. The summed E-state index contributed by atoms with van der Waals surface area (Å²) < 4.78 is 39.7. The largest absolute Gasteiger partial charge is 0.328 e. The van der Waals surface area contributed by atoms with E-state index in [4.69, 9.17) is 0 Å². The van der Waals surface area contributed by atoms with Crippen LogP contribution in [0, 0.1) is 5.82 Å². The summed E-state index contributed by atoms with van der Waals surface area (Å²) in [5.74, 6) is -0.342. The van der Waals surface area contributed by atoms with E-state index in [2.05, 4.69) is 26.0 Å². The van der Waals surface area contributed by atoms with Crippen molar-refractivity contribution in [2.45, 2.75) is 37.8 Å². The molecule has 6 nitrogen and oxygen atoms in total. The van der Waals surface area contributed by atoms with Crippen LogP contribution in [0.3, 0.4) is 0 Å². The Labute approximate surface area is 191 Å². The van der Waals surface area contributed by atoms with Crippen LogP contribution in [-0.4, -0.2) is 38.7 Å². The molecule has 0 aliphatic carbocycles. The molecule has 31 heavy (non-hydrogen) atoms. The first kappa shape index (κ1) is 23.7. The fourth-order valence-corrected chi connectivity index (χ4v) is 4.79. The van der Waals surface area contributed by atoms with Crippen molar-refractivity contribution in [3.63, 3.8) is 0 Å². The van der Waals surface area contributed by atoms with Crippen molar-refractivity contribution in [2.24, 2.45) is 0 Å². The molecule has 1 saturated heterocycles. The third kappa shape index (κ3) is 6.05. The van der Waals surface area contributed by atoms with Gasteiger partial charge in [-0.1, -0.05) is 40.2 Å². The van der Waals surface area contributed by atoms with E-state index in [1.807, 2.05) is 31.2 Å². The highest BCUT2D eigenvalue weighted by molar-refractivity contribution is 9.10.